The van der Waals surface area contributed by atoms with Gasteiger partial charge in [-0.2, -0.15) is 0 Å². The predicted molar refractivity (Wildman–Crippen MR) is 171 cm³/mol. The number of nitrogens with zero attached hydrogens (tertiary/aromatic N) is 2. The molecule has 3 rings (SSSR count). The summed E-state index contributed by atoms with van der Waals surface area (Å²) in [7, 11) is 1.46. The summed E-state index contributed by atoms with van der Waals surface area (Å²) in [5.41, 5.74) is 7.32. The minimum atomic E-state index is -1.07. The third kappa shape index (κ3) is 12.5. The third-order valence-corrected chi connectivity index (χ3v) is 7.38. The molecule has 0 radical (unpaired) electrons. The van der Waals surface area contributed by atoms with Crippen molar-refractivity contribution in [1.29, 1.82) is 0 Å². The van der Waals surface area contributed by atoms with E-state index in [0.29, 0.717) is 6.42 Å². The molecule has 1 aliphatic heterocycles. The first kappa shape index (κ1) is 36.2. The van der Waals surface area contributed by atoms with E-state index >= 15 is 0 Å². The van der Waals surface area contributed by atoms with Crippen molar-refractivity contribution in [3.8, 4) is 0 Å². The Morgan fingerprint density at radius 1 is 0.766 bits per heavy atom. The van der Waals surface area contributed by atoms with Gasteiger partial charge in [0.2, 0.25) is 41.4 Å². The number of amides is 7. The van der Waals surface area contributed by atoms with Crippen molar-refractivity contribution in [2.75, 3.05) is 52.9 Å². The van der Waals surface area contributed by atoms with E-state index in [2.05, 4.69) is 26.6 Å². The number of hydrogen-bond acceptors (Lipinski definition) is 8. The van der Waals surface area contributed by atoms with Crippen LogP contribution in [0.25, 0.3) is 0 Å². The summed E-state index contributed by atoms with van der Waals surface area (Å²) >= 11 is 0. The van der Waals surface area contributed by atoms with Gasteiger partial charge >= 0.3 is 0 Å². The highest BCUT2D eigenvalue weighted by Gasteiger charge is 2.29. The second-order valence-electron chi connectivity index (χ2n) is 11.0. The number of rotatable bonds is 6. The average Bonchev–Trinajstić information content (AvgIpc) is 3.06. The lowest BCUT2D eigenvalue weighted by Gasteiger charge is -2.30. The molecule has 0 spiro atoms. The van der Waals surface area contributed by atoms with Gasteiger partial charge in [-0.25, -0.2) is 0 Å². The van der Waals surface area contributed by atoms with E-state index in [-0.39, 0.29) is 44.9 Å². The van der Waals surface area contributed by atoms with E-state index in [0.717, 1.165) is 11.1 Å². The molecule has 15 nitrogen and oxygen atoms in total. The van der Waals surface area contributed by atoms with Gasteiger partial charge in [0.15, 0.2) is 0 Å². The van der Waals surface area contributed by atoms with Crippen LogP contribution < -0.4 is 32.3 Å². The van der Waals surface area contributed by atoms with Crippen molar-refractivity contribution in [3.05, 3.63) is 71.8 Å². The molecule has 0 aromatic heterocycles. The molecule has 0 aliphatic carbocycles. The lowest BCUT2D eigenvalue weighted by molar-refractivity contribution is -0.139. The summed E-state index contributed by atoms with van der Waals surface area (Å²) in [6.45, 7) is -1.71. The van der Waals surface area contributed by atoms with Gasteiger partial charge in [0, 0.05) is 39.5 Å². The number of hydrogen-bond donors (Lipinski definition) is 6. The van der Waals surface area contributed by atoms with Crippen LogP contribution in [0.2, 0.25) is 0 Å². The van der Waals surface area contributed by atoms with Gasteiger partial charge in [-0.1, -0.05) is 60.7 Å². The van der Waals surface area contributed by atoms with Crippen molar-refractivity contribution in [3.63, 3.8) is 0 Å². The fourth-order valence-electron chi connectivity index (χ4n) is 4.89. The number of nitrogens with one attached hydrogen (secondary N) is 5. The molecule has 252 valence electrons. The van der Waals surface area contributed by atoms with Crippen LogP contribution >= 0.6 is 0 Å². The topological polar surface area (TPSA) is 212 Å². The van der Waals surface area contributed by atoms with E-state index in [9.17, 15) is 33.6 Å². The van der Waals surface area contributed by atoms with Crippen molar-refractivity contribution in [2.24, 2.45) is 5.73 Å². The number of carbonyl (C=O) groups excluding carboxylic acids is 7. The van der Waals surface area contributed by atoms with Crippen LogP contribution in [0.3, 0.4) is 0 Å². The SMILES string of the molecule is CN1CC(=O)NCC(=O)NCC(=O)NCC(=O)N([C@@H](Cc2ccccc2)C(N)=O)CCNC(=O)CCN[C@@H](Cc2ccccc2)C1=O. The summed E-state index contributed by atoms with van der Waals surface area (Å²) < 4.78 is 0. The molecule has 0 bridgehead atoms. The maximum Gasteiger partial charge on any atom is 0.242 e. The second kappa shape index (κ2) is 18.6. The molecule has 2 aromatic carbocycles. The van der Waals surface area contributed by atoms with Crippen LogP contribution in [0, 0.1) is 0 Å². The van der Waals surface area contributed by atoms with Gasteiger partial charge in [-0.15, -0.1) is 0 Å². The first-order valence-electron chi connectivity index (χ1n) is 15.2. The standard InChI is InChI=1S/C32H42N8O7/c1-39-21-29(44)37-19-27(42)36-18-28(43)38-20-30(45)40(25(31(33)46)17-23-10-6-3-7-11-23)15-14-35-26(41)12-13-34-24(32(39)47)16-22-8-4-2-5-9-22/h2-11,24-25,34H,12-21H2,1H3,(H2,33,46)(H,35,41)(H,36,42)(H,37,44)(H,38,43)/t24-,25-/m0/s1. The summed E-state index contributed by atoms with van der Waals surface area (Å²) in [4.78, 5) is 91.4. The van der Waals surface area contributed by atoms with E-state index in [4.69, 9.17) is 5.73 Å². The van der Waals surface area contributed by atoms with Crippen molar-refractivity contribution < 1.29 is 33.6 Å². The second-order valence-corrected chi connectivity index (χ2v) is 11.0. The number of benzene rings is 2. The molecule has 7 amide bonds. The Hall–Kier alpha value is -5.31. The number of nitrogens with two attached hydrogens (primary N) is 1. The maximum atomic E-state index is 13.3. The fraction of sp³-hybridized carbons (Fsp3) is 0.406. The Balaban J connectivity index is 1.76. The van der Waals surface area contributed by atoms with Crippen molar-refractivity contribution >= 4 is 41.4 Å². The Morgan fingerprint density at radius 2 is 1.34 bits per heavy atom. The molecule has 2 aromatic rings. The molecule has 7 N–H and O–H groups in total. The van der Waals surface area contributed by atoms with E-state index < -0.39 is 67.2 Å². The fourth-order valence-corrected chi connectivity index (χ4v) is 4.89. The maximum absolute atomic E-state index is 13.3. The van der Waals surface area contributed by atoms with Gasteiger partial charge in [-0.05, 0) is 17.5 Å². The Bertz CT molecular complexity index is 1410. The molecule has 1 heterocycles. The van der Waals surface area contributed by atoms with Gasteiger partial charge in [0.05, 0.1) is 32.2 Å². The molecular weight excluding hydrogens is 608 g/mol. The minimum absolute atomic E-state index is 0.00878. The van der Waals surface area contributed by atoms with Gasteiger partial charge < -0.3 is 42.1 Å². The molecule has 1 aliphatic rings. The molecule has 47 heavy (non-hydrogen) atoms. The largest absolute Gasteiger partial charge is 0.368 e. The number of carbonyl (C=O) groups is 7. The minimum Gasteiger partial charge on any atom is -0.368 e. The van der Waals surface area contributed by atoms with Crippen LogP contribution in [0.1, 0.15) is 17.5 Å². The molecule has 0 unspecified atom stereocenters. The first-order valence-corrected chi connectivity index (χ1v) is 15.2. The normalized spacial score (nSPS) is 19.3. The zero-order valence-electron chi connectivity index (χ0n) is 26.3. The molecule has 15 heteroatoms. The lowest BCUT2D eigenvalue weighted by atomic mass is 10.0. The lowest BCUT2D eigenvalue weighted by Crippen LogP contribution is -2.54. The zero-order valence-corrected chi connectivity index (χ0v) is 26.3. The summed E-state index contributed by atoms with van der Waals surface area (Å²) in [6.07, 6.45) is 0.399. The van der Waals surface area contributed by atoms with Crippen LogP contribution in [-0.2, 0) is 46.4 Å². The van der Waals surface area contributed by atoms with Gasteiger partial charge in [0.1, 0.15) is 6.04 Å². The van der Waals surface area contributed by atoms with E-state index in [1.165, 1.54) is 16.8 Å². The summed E-state index contributed by atoms with van der Waals surface area (Å²) in [5.74, 6) is -4.08. The Kier molecular flexibility index (Phi) is 14.3. The first-order chi connectivity index (χ1) is 22.5. The molecule has 0 saturated carbocycles. The molecular formula is C32H42N8O7. The highest BCUT2D eigenvalue weighted by Crippen LogP contribution is 2.10. The number of primary amides is 1. The summed E-state index contributed by atoms with van der Waals surface area (Å²) in [5, 5.41) is 13.0. The van der Waals surface area contributed by atoms with Gasteiger partial charge in [0.25, 0.3) is 0 Å². The average molecular weight is 651 g/mol. The molecule has 2 atom stereocenters. The highest BCUT2D eigenvalue weighted by molar-refractivity contribution is 5.92. The predicted octanol–water partition coefficient (Wildman–Crippen LogP) is -2.56. The van der Waals surface area contributed by atoms with E-state index in [1.807, 2.05) is 36.4 Å². The van der Waals surface area contributed by atoms with Crippen LogP contribution in [0.5, 0.6) is 0 Å². The third-order valence-electron chi connectivity index (χ3n) is 7.38. The van der Waals surface area contributed by atoms with Gasteiger partial charge in [-0.3, -0.25) is 33.6 Å². The quantitative estimate of drug-likeness (QED) is 0.195. The van der Waals surface area contributed by atoms with Crippen LogP contribution in [0.4, 0.5) is 0 Å². The monoisotopic (exact) mass is 650 g/mol. The van der Waals surface area contributed by atoms with Crippen molar-refractivity contribution in [2.45, 2.75) is 31.3 Å². The Labute approximate surface area is 273 Å². The molecule has 1 fully saturated rings. The van der Waals surface area contributed by atoms with Crippen molar-refractivity contribution in [1.82, 2.24) is 36.4 Å². The number of likely N-dealkylation sites (N-methyl/N-ethyl adjacent to an activating group) is 1. The van der Waals surface area contributed by atoms with Crippen LogP contribution in [-0.4, -0.2) is 116 Å². The van der Waals surface area contributed by atoms with Crippen LogP contribution in [0.15, 0.2) is 60.7 Å². The van der Waals surface area contributed by atoms with E-state index in [1.54, 1.807) is 24.3 Å². The smallest absolute Gasteiger partial charge is 0.242 e. The molecule has 1 saturated heterocycles. The summed E-state index contributed by atoms with van der Waals surface area (Å²) in [6, 6.07) is 16.4. The Morgan fingerprint density at radius 3 is 1.96 bits per heavy atom. The highest BCUT2D eigenvalue weighted by atomic mass is 16.2. The zero-order chi connectivity index (χ0) is 34.2.